The molecule has 0 aromatic carbocycles. The van der Waals surface area contributed by atoms with Gasteiger partial charge in [-0.3, -0.25) is 4.79 Å². The molecule has 1 unspecified atom stereocenters. The van der Waals surface area contributed by atoms with E-state index < -0.39 is 0 Å². The van der Waals surface area contributed by atoms with Gasteiger partial charge in [0.15, 0.2) is 0 Å². The first-order valence-electron chi connectivity index (χ1n) is 6.21. The maximum Gasteiger partial charge on any atom is 0.270 e. The van der Waals surface area contributed by atoms with Crippen LogP contribution in [-0.4, -0.2) is 37.2 Å². The summed E-state index contributed by atoms with van der Waals surface area (Å²) in [5, 5.41) is 6.02. The zero-order chi connectivity index (χ0) is 13.4. The molecule has 0 radical (unpaired) electrons. The minimum atomic E-state index is -0.165. The number of aromatic nitrogens is 1. The summed E-state index contributed by atoms with van der Waals surface area (Å²) in [4.78, 5) is 16.0. The van der Waals surface area contributed by atoms with Crippen molar-refractivity contribution in [3.05, 3.63) is 24.0 Å². The molecule has 1 rings (SSSR count). The lowest BCUT2D eigenvalue weighted by atomic mass is 10.2. The van der Waals surface area contributed by atoms with Gasteiger partial charge in [0.1, 0.15) is 5.69 Å². The predicted octanol–water partition coefficient (Wildman–Crippen LogP) is 1.67. The third-order valence-corrected chi connectivity index (χ3v) is 2.57. The molecule has 1 aromatic rings. The summed E-state index contributed by atoms with van der Waals surface area (Å²) in [7, 11) is 1.62. The van der Waals surface area contributed by atoms with E-state index in [2.05, 4.69) is 15.6 Å². The van der Waals surface area contributed by atoms with Crippen LogP contribution >= 0.6 is 0 Å². The van der Waals surface area contributed by atoms with Gasteiger partial charge in [0.2, 0.25) is 0 Å². The van der Waals surface area contributed by atoms with Crippen LogP contribution in [0.5, 0.6) is 0 Å². The molecule has 0 saturated carbocycles. The number of nitrogens with one attached hydrogen (secondary N) is 2. The van der Waals surface area contributed by atoms with E-state index in [0.29, 0.717) is 12.3 Å². The largest absolute Gasteiger partial charge is 0.384 e. The number of nitrogens with zero attached hydrogens (tertiary/aromatic N) is 1. The SMILES string of the molecule is CCNc1ccc(C(=O)NC(CC)COC)nc1. The maximum atomic E-state index is 11.9. The van der Waals surface area contributed by atoms with Crippen LogP contribution in [0.4, 0.5) is 5.69 Å². The second kappa shape index (κ2) is 7.66. The van der Waals surface area contributed by atoms with Crippen LogP contribution in [0.1, 0.15) is 30.8 Å². The average Bonchev–Trinajstić information content (AvgIpc) is 2.39. The number of hydrogen-bond donors (Lipinski definition) is 2. The Morgan fingerprint density at radius 2 is 2.22 bits per heavy atom. The third-order valence-electron chi connectivity index (χ3n) is 2.57. The Bertz CT molecular complexity index is 365. The first-order valence-corrected chi connectivity index (χ1v) is 6.21. The van der Waals surface area contributed by atoms with Crippen molar-refractivity contribution in [2.75, 3.05) is 25.6 Å². The Hall–Kier alpha value is -1.62. The van der Waals surface area contributed by atoms with Crippen LogP contribution in [0.2, 0.25) is 0 Å². The van der Waals surface area contributed by atoms with Crippen LogP contribution in [-0.2, 0) is 4.74 Å². The summed E-state index contributed by atoms with van der Waals surface area (Å²) in [6.07, 6.45) is 2.49. The molecule has 0 spiro atoms. The van der Waals surface area contributed by atoms with Crippen molar-refractivity contribution in [1.82, 2.24) is 10.3 Å². The average molecular weight is 251 g/mol. The molecular weight excluding hydrogens is 230 g/mol. The van der Waals surface area contributed by atoms with Crippen molar-refractivity contribution >= 4 is 11.6 Å². The van der Waals surface area contributed by atoms with Crippen molar-refractivity contribution in [2.24, 2.45) is 0 Å². The molecule has 1 amide bonds. The van der Waals surface area contributed by atoms with Crippen LogP contribution in [0.15, 0.2) is 18.3 Å². The number of rotatable bonds is 7. The van der Waals surface area contributed by atoms with E-state index in [0.717, 1.165) is 18.7 Å². The highest BCUT2D eigenvalue weighted by Crippen LogP contribution is 2.06. The number of amides is 1. The molecule has 0 saturated heterocycles. The molecule has 0 aliphatic rings. The van der Waals surface area contributed by atoms with Gasteiger partial charge in [-0.2, -0.15) is 0 Å². The Labute approximate surface area is 108 Å². The minimum Gasteiger partial charge on any atom is -0.384 e. The second-order valence-electron chi connectivity index (χ2n) is 4.00. The number of ether oxygens (including phenoxy) is 1. The van der Waals surface area contributed by atoms with Gasteiger partial charge in [-0.05, 0) is 25.5 Å². The fourth-order valence-corrected chi connectivity index (χ4v) is 1.56. The van der Waals surface area contributed by atoms with Gasteiger partial charge in [0, 0.05) is 13.7 Å². The molecule has 18 heavy (non-hydrogen) atoms. The van der Waals surface area contributed by atoms with E-state index >= 15 is 0 Å². The molecule has 2 N–H and O–H groups in total. The zero-order valence-electron chi connectivity index (χ0n) is 11.2. The predicted molar refractivity (Wildman–Crippen MR) is 71.8 cm³/mol. The lowest BCUT2D eigenvalue weighted by molar-refractivity contribution is 0.0889. The number of hydrogen-bond acceptors (Lipinski definition) is 4. The zero-order valence-corrected chi connectivity index (χ0v) is 11.2. The van der Waals surface area contributed by atoms with Gasteiger partial charge in [-0.1, -0.05) is 6.92 Å². The van der Waals surface area contributed by atoms with Gasteiger partial charge < -0.3 is 15.4 Å². The Morgan fingerprint density at radius 1 is 1.44 bits per heavy atom. The van der Waals surface area contributed by atoms with Gasteiger partial charge in [-0.15, -0.1) is 0 Å². The van der Waals surface area contributed by atoms with Crippen molar-refractivity contribution in [3.63, 3.8) is 0 Å². The Balaban J connectivity index is 2.60. The van der Waals surface area contributed by atoms with Crippen LogP contribution in [0, 0.1) is 0 Å². The molecular formula is C13H21N3O2. The Morgan fingerprint density at radius 3 is 2.72 bits per heavy atom. The van der Waals surface area contributed by atoms with Crippen molar-refractivity contribution in [2.45, 2.75) is 26.3 Å². The first kappa shape index (κ1) is 14.4. The fourth-order valence-electron chi connectivity index (χ4n) is 1.56. The smallest absolute Gasteiger partial charge is 0.270 e. The monoisotopic (exact) mass is 251 g/mol. The van der Waals surface area contributed by atoms with E-state index in [-0.39, 0.29) is 11.9 Å². The summed E-state index contributed by atoms with van der Waals surface area (Å²) in [5.74, 6) is -0.165. The topological polar surface area (TPSA) is 63.2 Å². The number of carbonyl (C=O) groups is 1. The summed E-state index contributed by atoms with van der Waals surface area (Å²) in [5.41, 5.74) is 1.34. The highest BCUT2D eigenvalue weighted by molar-refractivity contribution is 5.92. The van der Waals surface area contributed by atoms with E-state index in [1.165, 1.54) is 0 Å². The van der Waals surface area contributed by atoms with Crippen LogP contribution < -0.4 is 10.6 Å². The maximum absolute atomic E-state index is 11.9. The second-order valence-corrected chi connectivity index (χ2v) is 4.00. The number of anilines is 1. The standard InChI is InChI=1S/C13H21N3O2/c1-4-10(9-18-3)16-13(17)12-7-6-11(8-15-12)14-5-2/h6-8,10,14H,4-5,9H2,1-3H3,(H,16,17). The van der Waals surface area contributed by atoms with Gasteiger partial charge >= 0.3 is 0 Å². The Kier molecular flexibility index (Phi) is 6.14. The number of methoxy groups -OCH3 is 1. The first-order chi connectivity index (χ1) is 8.71. The van der Waals surface area contributed by atoms with Crippen molar-refractivity contribution in [1.29, 1.82) is 0 Å². The highest BCUT2D eigenvalue weighted by atomic mass is 16.5. The number of carbonyl (C=O) groups excluding carboxylic acids is 1. The van der Waals surface area contributed by atoms with Gasteiger partial charge in [-0.25, -0.2) is 4.98 Å². The van der Waals surface area contributed by atoms with Crippen molar-refractivity contribution in [3.8, 4) is 0 Å². The van der Waals surface area contributed by atoms with Crippen LogP contribution in [0.3, 0.4) is 0 Å². The van der Waals surface area contributed by atoms with Gasteiger partial charge in [0.05, 0.1) is 24.5 Å². The summed E-state index contributed by atoms with van der Waals surface area (Å²) >= 11 is 0. The quantitative estimate of drug-likeness (QED) is 0.773. The molecule has 100 valence electrons. The molecule has 1 aromatic heterocycles. The normalized spacial score (nSPS) is 11.9. The minimum absolute atomic E-state index is 0.0257. The molecule has 0 aliphatic carbocycles. The van der Waals surface area contributed by atoms with E-state index in [1.54, 1.807) is 19.4 Å². The van der Waals surface area contributed by atoms with E-state index in [4.69, 9.17) is 4.74 Å². The molecule has 1 atom stereocenters. The lowest BCUT2D eigenvalue weighted by Crippen LogP contribution is -2.37. The summed E-state index contributed by atoms with van der Waals surface area (Å²) < 4.78 is 5.04. The number of pyridine rings is 1. The fraction of sp³-hybridized carbons (Fsp3) is 0.538. The molecule has 5 heteroatoms. The highest BCUT2D eigenvalue weighted by Gasteiger charge is 2.12. The lowest BCUT2D eigenvalue weighted by Gasteiger charge is -2.15. The molecule has 0 bridgehead atoms. The van der Waals surface area contributed by atoms with Crippen molar-refractivity contribution < 1.29 is 9.53 Å². The molecule has 5 nitrogen and oxygen atoms in total. The summed E-state index contributed by atoms with van der Waals surface area (Å²) in [6.45, 7) is 5.36. The van der Waals surface area contributed by atoms with E-state index in [9.17, 15) is 4.79 Å². The van der Waals surface area contributed by atoms with Crippen LogP contribution in [0.25, 0.3) is 0 Å². The molecule has 0 aliphatic heterocycles. The molecule has 1 heterocycles. The molecule has 0 fully saturated rings. The third kappa shape index (κ3) is 4.33. The summed E-state index contributed by atoms with van der Waals surface area (Å²) in [6, 6.07) is 3.59. The van der Waals surface area contributed by atoms with Gasteiger partial charge in [0.25, 0.3) is 5.91 Å². The van der Waals surface area contributed by atoms with E-state index in [1.807, 2.05) is 19.9 Å².